The lowest BCUT2D eigenvalue weighted by atomic mass is 9.69. The number of rotatable bonds is 2. The first-order valence-electron chi connectivity index (χ1n) is 8.06. The third-order valence-electron chi connectivity index (χ3n) is 5.02. The number of carbonyl (C=O) groups excluding carboxylic acids is 2. The van der Waals surface area contributed by atoms with Gasteiger partial charge < -0.3 is 9.26 Å². The van der Waals surface area contributed by atoms with Gasteiger partial charge in [0.1, 0.15) is 5.76 Å². The number of nitrogens with one attached hydrogen (secondary N) is 2. The Morgan fingerprint density at radius 3 is 2.87 bits per heavy atom. The first-order valence-corrected chi connectivity index (χ1v) is 8.06. The highest BCUT2D eigenvalue weighted by Crippen LogP contribution is 2.40. The van der Waals surface area contributed by atoms with Crippen molar-refractivity contribution < 1.29 is 18.8 Å². The molecule has 2 N–H and O–H groups in total. The Kier molecular flexibility index (Phi) is 3.65. The third-order valence-corrected chi connectivity index (χ3v) is 5.02. The number of carbonyl (C=O) groups is 2. The van der Waals surface area contributed by atoms with Crippen LogP contribution in [-0.2, 0) is 22.6 Å². The fourth-order valence-corrected chi connectivity index (χ4v) is 3.71. The van der Waals surface area contributed by atoms with Crippen molar-refractivity contribution in [2.45, 2.75) is 32.3 Å². The van der Waals surface area contributed by atoms with Crippen LogP contribution >= 0.6 is 0 Å². The molecule has 7 nitrogen and oxygen atoms in total. The molecule has 1 aromatic heterocycles. The molecule has 2 amide bonds. The molecule has 1 aliphatic heterocycles. The van der Waals surface area contributed by atoms with E-state index in [0.29, 0.717) is 36.9 Å². The molecule has 1 saturated carbocycles. The van der Waals surface area contributed by atoms with Gasteiger partial charge in [0.05, 0.1) is 18.8 Å². The standard InChI is InChI=1S/C16H19N3O4/c20-15(11-7-9-1-3-10(11)4-2-9)17-18-16(21)14-12-8-22-6-5-13(12)23-19-14/h1,3,9-11H,2,4-8H2,(H,17,20)(H,18,21)/t9-,10+,11-/m1/s1. The van der Waals surface area contributed by atoms with Crippen LogP contribution in [0.25, 0.3) is 0 Å². The zero-order valence-corrected chi connectivity index (χ0v) is 12.7. The zero-order valence-electron chi connectivity index (χ0n) is 12.7. The molecule has 23 heavy (non-hydrogen) atoms. The summed E-state index contributed by atoms with van der Waals surface area (Å²) in [5.74, 6) is 0.795. The predicted octanol–water partition coefficient (Wildman–Crippen LogP) is 1.11. The zero-order chi connectivity index (χ0) is 15.8. The predicted molar refractivity (Wildman–Crippen MR) is 78.9 cm³/mol. The summed E-state index contributed by atoms with van der Waals surface area (Å²) in [7, 11) is 0. The number of hydrogen-bond donors (Lipinski definition) is 2. The van der Waals surface area contributed by atoms with Crippen molar-refractivity contribution in [3.05, 3.63) is 29.2 Å². The van der Waals surface area contributed by atoms with E-state index >= 15 is 0 Å². The lowest BCUT2D eigenvalue weighted by Crippen LogP contribution is -2.48. The van der Waals surface area contributed by atoms with E-state index in [1.807, 2.05) is 0 Å². The third kappa shape index (κ3) is 2.65. The van der Waals surface area contributed by atoms with Gasteiger partial charge in [0.15, 0.2) is 5.69 Å². The summed E-state index contributed by atoms with van der Waals surface area (Å²) in [6.45, 7) is 0.879. The van der Waals surface area contributed by atoms with Crippen LogP contribution in [0.1, 0.15) is 41.1 Å². The number of ether oxygens (including phenoxy) is 1. The van der Waals surface area contributed by atoms with Gasteiger partial charge in [-0.2, -0.15) is 0 Å². The van der Waals surface area contributed by atoms with Crippen LogP contribution in [0.5, 0.6) is 0 Å². The molecule has 2 heterocycles. The minimum absolute atomic E-state index is 0.0615. The van der Waals surface area contributed by atoms with E-state index in [0.717, 1.165) is 19.3 Å². The van der Waals surface area contributed by atoms with Gasteiger partial charge in [0.25, 0.3) is 5.91 Å². The summed E-state index contributed by atoms with van der Waals surface area (Å²) >= 11 is 0. The van der Waals surface area contributed by atoms with Crippen LogP contribution in [-0.4, -0.2) is 23.6 Å². The Morgan fingerprint density at radius 2 is 2.13 bits per heavy atom. The van der Waals surface area contributed by atoms with Gasteiger partial charge >= 0.3 is 0 Å². The average Bonchev–Trinajstić information content (AvgIpc) is 3.04. The van der Waals surface area contributed by atoms with Crippen LogP contribution < -0.4 is 10.9 Å². The highest BCUT2D eigenvalue weighted by molar-refractivity contribution is 5.95. The fraction of sp³-hybridized carbons (Fsp3) is 0.562. The van der Waals surface area contributed by atoms with Crippen LogP contribution in [0.3, 0.4) is 0 Å². The number of amides is 2. The van der Waals surface area contributed by atoms with Gasteiger partial charge in [0.2, 0.25) is 5.91 Å². The summed E-state index contributed by atoms with van der Waals surface area (Å²) in [5.41, 5.74) is 5.84. The molecule has 3 aliphatic carbocycles. The maximum atomic E-state index is 12.3. The minimum atomic E-state index is -0.467. The van der Waals surface area contributed by atoms with Crippen molar-refractivity contribution >= 4 is 11.8 Å². The molecule has 0 saturated heterocycles. The Labute approximate surface area is 133 Å². The van der Waals surface area contributed by atoms with Gasteiger partial charge in [-0.25, -0.2) is 0 Å². The SMILES string of the molecule is O=C(NNC(=O)[C@@H]1C[C@@H]2C=C[C@H]1CC2)c1noc2c1COCC2. The van der Waals surface area contributed by atoms with Crippen molar-refractivity contribution in [2.75, 3.05) is 6.61 Å². The minimum Gasteiger partial charge on any atom is -0.376 e. The Balaban J connectivity index is 1.37. The van der Waals surface area contributed by atoms with Crippen LogP contribution in [0.4, 0.5) is 0 Å². The number of aromatic nitrogens is 1. The van der Waals surface area contributed by atoms with Crippen molar-refractivity contribution in [1.29, 1.82) is 0 Å². The van der Waals surface area contributed by atoms with Crippen molar-refractivity contribution in [2.24, 2.45) is 17.8 Å². The molecule has 1 aromatic rings. The average molecular weight is 317 g/mol. The van der Waals surface area contributed by atoms with Crippen LogP contribution in [0.2, 0.25) is 0 Å². The summed E-state index contributed by atoms with van der Waals surface area (Å²) < 4.78 is 10.5. The monoisotopic (exact) mass is 317 g/mol. The first kappa shape index (κ1) is 14.4. The van der Waals surface area contributed by atoms with Gasteiger partial charge in [-0.05, 0) is 31.1 Å². The van der Waals surface area contributed by atoms with Gasteiger partial charge in [-0.1, -0.05) is 17.3 Å². The molecule has 5 rings (SSSR count). The van der Waals surface area contributed by atoms with E-state index in [9.17, 15) is 9.59 Å². The van der Waals surface area contributed by atoms with E-state index in [4.69, 9.17) is 9.26 Å². The largest absolute Gasteiger partial charge is 0.376 e. The summed E-state index contributed by atoms with van der Waals surface area (Å²) in [6, 6.07) is 0. The number of hydrogen-bond acceptors (Lipinski definition) is 5. The van der Waals surface area contributed by atoms with E-state index in [-0.39, 0.29) is 23.4 Å². The Morgan fingerprint density at radius 1 is 1.22 bits per heavy atom. The van der Waals surface area contributed by atoms with E-state index in [2.05, 4.69) is 28.2 Å². The smallest absolute Gasteiger partial charge is 0.292 e. The second kappa shape index (κ2) is 5.81. The molecule has 3 atom stereocenters. The molecule has 0 unspecified atom stereocenters. The highest BCUT2D eigenvalue weighted by Gasteiger charge is 2.36. The molecule has 0 radical (unpaired) electrons. The number of allylic oxidation sites excluding steroid dienone is 2. The second-order valence-corrected chi connectivity index (χ2v) is 6.41. The number of nitrogens with zero attached hydrogens (tertiary/aromatic N) is 1. The maximum absolute atomic E-state index is 12.3. The molecule has 0 spiro atoms. The topological polar surface area (TPSA) is 93.5 Å². The molecule has 2 bridgehead atoms. The molecule has 1 fully saturated rings. The lowest BCUT2D eigenvalue weighted by molar-refractivity contribution is -0.128. The molecule has 7 heteroatoms. The van der Waals surface area contributed by atoms with E-state index < -0.39 is 5.91 Å². The van der Waals surface area contributed by atoms with Gasteiger partial charge in [-0.15, -0.1) is 0 Å². The van der Waals surface area contributed by atoms with E-state index in [1.54, 1.807) is 0 Å². The Bertz CT molecular complexity index is 666. The van der Waals surface area contributed by atoms with Crippen molar-refractivity contribution in [3.8, 4) is 0 Å². The highest BCUT2D eigenvalue weighted by atomic mass is 16.5. The van der Waals surface area contributed by atoms with Crippen LogP contribution in [0, 0.1) is 17.8 Å². The molecule has 4 aliphatic rings. The Hall–Kier alpha value is -2.15. The summed E-state index contributed by atoms with van der Waals surface area (Å²) in [5, 5.41) is 3.80. The second-order valence-electron chi connectivity index (χ2n) is 6.41. The summed E-state index contributed by atoms with van der Waals surface area (Å²) in [6.07, 6.45) is 8.01. The first-order chi connectivity index (χ1) is 11.2. The molecule has 0 aromatic carbocycles. The number of hydrazine groups is 1. The number of fused-ring (bicyclic) bond motifs is 3. The van der Waals surface area contributed by atoms with Gasteiger partial charge in [-0.3, -0.25) is 20.4 Å². The molecular weight excluding hydrogens is 298 g/mol. The summed E-state index contributed by atoms with van der Waals surface area (Å²) in [4.78, 5) is 24.5. The normalized spacial score (nSPS) is 28.3. The quantitative estimate of drug-likeness (QED) is 0.629. The van der Waals surface area contributed by atoms with Gasteiger partial charge in [0, 0.05) is 12.3 Å². The fourth-order valence-electron chi connectivity index (χ4n) is 3.71. The van der Waals surface area contributed by atoms with Crippen LogP contribution in [0.15, 0.2) is 16.7 Å². The van der Waals surface area contributed by atoms with Crippen molar-refractivity contribution in [3.63, 3.8) is 0 Å². The molecule has 122 valence electrons. The lowest BCUT2D eigenvalue weighted by Gasteiger charge is -2.36. The molecular formula is C16H19N3O4. The van der Waals surface area contributed by atoms with E-state index in [1.165, 1.54) is 0 Å². The maximum Gasteiger partial charge on any atom is 0.292 e. The van der Waals surface area contributed by atoms with Crippen molar-refractivity contribution in [1.82, 2.24) is 16.0 Å².